The quantitative estimate of drug-likeness (QED) is 0.344. The molecule has 2 rings (SSSR count). The van der Waals surface area contributed by atoms with Crippen molar-refractivity contribution in [1.82, 2.24) is 19.5 Å². The lowest BCUT2D eigenvalue weighted by Crippen LogP contribution is -2.19. The standard InChI is InChI=1S/C15H24N5O7P/c1-10(2)27-15(21)24-8-26-28(22,23-4)9-25-11(3)5-20-7-19-12-13(16)17-6-18-14(12)20/h6-7,10-11H,5,8-9H2,1-4H3,(H2,16,17,18)/t11-,28?/m1/s1. The lowest BCUT2D eigenvalue weighted by Gasteiger charge is -2.19. The molecule has 2 heterocycles. The SMILES string of the molecule is COP(=O)(CO[C@H](C)Cn1cnc2c(N)ncnc21)OCOC(=O)OC(C)C. The molecule has 28 heavy (non-hydrogen) atoms. The van der Waals surface area contributed by atoms with Crippen LogP contribution in [0.5, 0.6) is 0 Å². The number of hydrogen-bond acceptors (Lipinski definition) is 11. The summed E-state index contributed by atoms with van der Waals surface area (Å²) in [5.74, 6) is 0.283. The van der Waals surface area contributed by atoms with Crippen LogP contribution in [0.1, 0.15) is 20.8 Å². The van der Waals surface area contributed by atoms with Gasteiger partial charge in [0, 0.05) is 7.11 Å². The smallest absolute Gasteiger partial charge is 0.432 e. The minimum Gasteiger partial charge on any atom is -0.432 e. The highest BCUT2D eigenvalue weighted by molar-refractivity contribution is 7.53. The molecule has 0 aliphatic rings. The molecule has 156 valence electrons. The van der Waals surface area contributed by atoms with Gasteiger partial charge in [0.15, 0.2) is 11.5 Å². The van der Waals surface area contributed by atoms with Crippen molar-refractivity contribution in [3.05, 3.63) is 12.7 Å². The first kappa shape index (κ1) is 22.0. The average Bonchev–Trinajstić information content (AvgIpc) is 3.04. The summed E-state index contributed by atoms with van der Waals surface area (Å²) in [6.45, 7) is 4.89. The Bertz CT molecular complexity index is 843. The second-order valence-electron chi connectivity index (χ2n) is 6.04. The molecule has 0 saturated heterocycles. The highest BCUT2D eigenvalue weighted by Gasteiger charge is 2.26. The summed E-state index contributed by atoms with van der Waals surface area (Å²) in [7, 11) is -2.40. The minimum absolute atomic E-state index is 0.283. The minimum atomic E-state index is -3.62. The molecule has 0 fully saturated rings. The first-order valence-electron chi connectivity index (χ1n) is 8.39. The molecule has 0 aliphatic carbocycles. The maximum Gasteiger partial charge on any atom is 0.510 e. The number of ether oxygens (including phenoxy) is 3. The molecule has 13 heteroatoms. The summed E-state index contributed by atoms with van der Waals surface area (Å²) in [5, 5.41) is 0. The molecule has 2 N–H and O–H groups in total. The first-order chi connectivity index (χ1) is 13.2. The zero-order valence-corrected chi connectivity index (χ0v) is 17.0. The third-order valence-corrected chi connectivity index (χ3v) is 4.96. The highest BCUT2D eigenvalue weighted by atomic mass is 31.2. The van der Waals surface area contributed by atoms with E-state index >= 15 is 0 Å². The van der Waals surface area contributed by atoms with Gasteiger partial charge in [0.05, 0.1) is 25.1 Å². The van der Waals surface area contributed by atoms with Crippen LogP contribution >= 0.6 is 7.60 Å². The van der Waals surface area contributed by atoms with Gasteiger partial charge in [-0.2, -0.15) is 0 Å². The van der Waals surface area contributed by atoms with Crippen LogP contribution in [-0.4, -0.2) is 58.1 Å². The summed E-state index contributed by atoms with van der Waals surface area (Å²) in [4.78, 5) is 23.5. The fourth-order valence-corrected chi connectivity index (χ4v) is 3.04. The Hall–Kier alpha value is -2.27. The molecule has 0 amide bonds. The number of aromatic nitrogens is 4. The Balaban J connectivity index is 1.85. The molecule has 0 spiro atoms. The van der Waals surface area contributed by atoms with Crippen LogP contribution in [0.4, 0.5) is 10.6 Å². The van der Waals surface area contributed by atoms with Gasteiger partial charge in [0.2, 0.25) is 6.79 Å². The van der Waals surface area contributed by atoms with E-state index in [1.165, 1.54) is 13.4 Å². The summed E-state index contributed by atoms with van der Waals surface area (Å²) in [5.41, 5.74) is 6.81. The molecular formula is C15H24N5O7P. The number of nitrogens with two attached hydrogens (primary N) is 1. The van der Waals surface area contributed by atoms with Crippen molar-refractivity contribution in [2.75, 3.05) is 26.0 Å². The Morgan fingerprint density at radius 2 is 2.04 bits per heavy atom. The predicted molar refractivity (Wildman–Crippen MR) is 98.4 cm³/mol. The zero-order valence-electron chi connectivity index (χ0n) is 16.1. The predicted octanol–water partition coefficient (Wildman–Crippen LogP) is 2.15. The molecular weight excluding hydrogens is 393 g/mol. The molecule has 2 aromatic heterocycles. The number of nitrogen functional groups attached to an aromatic ring is 1. The van der Waals surface area contributed by atoms with Crippen molar-refractivity contribution < 1.29 is 32.6 Å². The van der Waals surface area contributed by atoms with Crippen molar-refractivity contribution in [3.8, 4) is 0 Å². The number of carbonyl (C=O) groups is 1. The fraction of sp³-hybridized carbons (Fsp3) is 0.600. The summed E-state index contributed by atoms with van der Waals surface area (Å²) in [6, 6.07) is 0. The van der Waals surface area contributed by atoms with E-state index in [1.807, 2.05) is 0 Å². The lowest BCUT2D eigenvalue weighted by molar-refractivity contribution is -0.0167. The molecule has 2 aromatic rings. The molecule has 0 aromatic carbocycles. The van der Waals surface area contributed by atoms with Crippen LogP contribution in [0.2, 0.25) is 0 Å². The maximum absolute atomic E-state index is 12.5. The molecule has 0 saturated carbocycles. The van der Waals surface area contributed by atoms with Crippen LogP contribution < -0.4 is 5.73 Å². The number of imidazole rings is 1. The maximum atomic E-state index is 12.5. The second kappa shape index (κ2) is 9.78. The topological polar surface area (TPSA) is 150 Å². The average molecular weight is 417 g/mol. The summed E-state index contributed by atoms with van der Waals surface area (Å²) in [6.07, 6.45) is 0.921. The van der Waals surface area contributed by atoms with Gasteiger partial charge in [0.1, 0.15) is 18.2 Å². The third kappa shape index (κ3) is 6.13. The fourth-order valence-electron chi connectivity index (χ4n) is 2.10. The van der Waals surface area contributed by atoms with Gasteiger partial charge < -0.3 is 29.0 Å². The van der Waals surface area contributed by atoms with Gasteiger partial charge in [0.25, 0.3) is 0 Å². The van der Waals surface area contributed by atoms with Crippen LogP contribution in [0.25, 0.3) is 11.2 Å². The van der Waals surface area contributed by atoms with Crippen molar-refractivity contribution in [3.63, 3.8) is 0 Å². The van der Waals surface area contributed by atoms with Gasteiger partial charge in [-0.15, -0.1) is 0 Å². The van der Waals surface area contributed by atoms with E-state index in [0.29, 0.717) is 17.7 Å². The molecule has 2 atom stereocenters. The molecule has 1 unspecified atom stereocenters. The van der Waals surface area contributed by atoms with Gasteiger partial charge >= 0.3 is 13.8 Å². The monoisotopic (exact) mass is 417 g/mol. The van der Waals surface area contributed by atoms with Crippen molar-refractivity contribution in [2.45, 2.75) is 39.5 Å². The van der Waals surface area contributed by atoms with Crippen LogP contribution in [0, 0.1) is 0 Å². The van der Waals surface area contributed by atoms with E-state index in [1.54, 1.807) is 31.7 Å². The van der Waals surface area contributed by atoms with Crippen LogP contribution in [0.15, 0.2) is 12.7 Å². The number of rotatable bonds is 10. The Labute approximate surface area is 161 Å². The van der Waals surface area contributed by atoms with Gasteiger partial charge in [-0.1, -0.05) is 0 Å². The van der Waals surface area contributed by atoms with E-state index in [0.717, 1.165) is 0 Å². The number of carbonyl (C=O) groups excluding carboxylic acids is 1. The van der Waals surface area contributed by atoms with E-state index in [2.05, 4.69) is 19.7 Å². The van der Waals surface area contributed by atoms with Crippen molar-refractivity contribution in [1.29, 1.82) is 0 Å². The molecule has 12 nitrogen and oxygen atoms in total. The van der Waals surface area contributed by atoms with E-state index in [-0.39, 0.29) is 24.4 Å². The van der Waals surface area contributed by atoms with Crippen molar-refractivity contribution in [2.24, 2.45) is 0 Å². The number of nitrogens with zero attached hydrogens (tertiary/aromatic N) is 4. The van der Waals surface area contributed by atoms with Crippen molar-refractivity contribution >= 4 is 30.7 Å². The zero-order chi connectivity index (χ0) is 20.7. The Morgan fingerprint density at radius 3 is 2.71 bits per heavy atom. The van der Waals surface area contributed by atoms with Crippen LogP contribution in [-0.2, 0) is 34.4 Å². The van der Waals surface area contributed by atoms with E-state index in [4.69, 9.17) is 24.3 Å². The Morgan fingerprint density at radius 1 is 1.29 bits per heavy atom. The molecule has 0 radical (unpaired) electrons. The van der Waals surface area contributed by atoms with Gasteiger partial charge in [-0.05, 0) is 20.8 Å². The van der Waals surface area contributed by atoms with Gasteiger partial charge in [-0.25, -0.2) is 19.7 Å². The Kier molecular flexibility index (Phi) is 7.69. The lowest BCUT2D eigenvalue weighted by atomic mass is 10.4. The number of fused-ring (bicyclic) bond motifs is 1. The second-order valence-corrected chi connectivity index (χ2v) is 8.14. The molecule has 0 aliphatic heterocycles. The van der Waals surface area contributed by atoms with Gasteiger partial charge in [-0.3, -0.25) is 9.09 Å². The summed E-state index contributed by atoms with van der Waals surface area (Å²) < 4.78 is 39.2. The van der Waals surface area contributed by atoms with E-state index < -0.39 is 20.5 Å². The largest absolute Gasteiger partial charge is 0.510 e. The number of hydrogen-bond donors (Lipinski definition) is 1. The first-order valence-corrected chi connectivity index (χ1v) is 10.1. The number of anilines is 1. The third-order valence-electron chi connectivity index (χ3n) is 3.44. The highest BCUT2D eigenvalue weighted by Crippen LogP contribution is 2.47. The van der Waals surface area contributed by atoms with E-state index in [9.17, 15) is 9.36 Å². The normalized spacial score (nSPS) is 14.8. The summed E-state index contributed by atoms with van der Waals surface area (Å²) >= 11 is 0. The molecule has 0 bridgehead atoms. The van der Waals surface area contributed by atoms with Crippen LogP contribution in [0.3, 0.4) is 0 Å².